The number of guanidine groups is 1. The number of aliphatic hydroxyl groups excluding tert-OH is 1. The normalized spacial score (nSPS) is 12.4. The number of benzene rings is 1. The Morgan fingerprint density at radius 1 is 1.38 bits per heavy atom. The molecule has 0 aliphatic heterocycles. The van der Waals surface area contributed by atoms with Crippen LogP contribution in [-0.2, 0) is 6.54 Å². The van der Waals surface area contributed by atoms with Gasteiger partial charge in [0.05, 0.1) is 6.54 Å². The van der Waals surface area contributed by atoms with E-state index in [2.05, 4.69) is 21.8 Å². The molecule has 2 N–H and O–H groups in total. The van der Waals surface area contributed by atoms with E-state index in [1.165, 1.54) is 11.6 Å². The molecule has 4 nitrogen and oxygen atoms in total. The van der Waals surface area contributed by atoms with Crippen molar-refractivity contribution >= 4 is 41.3 Å². The maximum absolute atomic E-state index is 13.7. The van der Waals surface area contributed by atoms with Crippen molar-refractivity contribution in [1.82, 2.24) is 10.2 Å². The van der Waals surface area contributed by atoms with Crippen molar-refractivity contribution in [1.29, 1.82) is 0 Å². The highest BCUT2D eigenvalue weighted by atomic mass is 127. The molecule has 1 aromatic carbocycles. The molecule has 0 spiro atoms. The Kier molecular flexibility index (Phi) is 9.24. The minimum Gasteiger partial charge on any atom is -0.386 e. The standard InChI is InChI=1S/C17H22FN3OS.HI/c1-3-19-17(21(2)11-13-8-9-23-12-13)20-10-16(22)14-6-4-5-7-15(14)18;/h4-9,12,16,22H,3,10-11H2,1-2H3,(H,19,20);1H. The molecule has 0 saturated carbocycles. The van der Waals surface area contributed by atoms with E-state index in [4.69, 9.17) is 0 Å². The zero-order valence-corrected chi connectivity index (χ0v) is 16.9. The average Bonchev–Trinajstić information content (AvgIpc) is 3.04. The predicted octanol–water partition coefficient (Wildman–Crippen LogP) is 3.64. The first-order valence-electron chi connectivity index (χ1n) is 7.54. The van der Waals surface area contributed by atoms with E-state index in [1.807, 2.05) is 24.3 Å². The second kappa shape index (κ2) is 10.6. The summed E-state index contributed by atoms with van der Waals surface area (Å²) in [4.78, 5) is 6.42. The van der Waals surface area contributed by atoms with Crippen LogP contribution in [0.3, 0.4) is 0 Å². The first-order chi connectivity index (χ1) is 11.1. The molecule has 0 fully saturated rings. The van der Waals surface area contributed by atoms with Gasteiger partial charge in [0.25, 0.3) is 0 Å². The van der Waals surface area contributed by atoms with Crippen molar-refractivity contribution in [3.05, 3.63) is 58.0 Å². The second-order valence-corrected chi connectivity index (χ2v) is 6.00. The SMILES string of the molecule is CCNC(=NCC(O)c1ccccc1F)N(C)Cc1ccsc1.I. The molecule has 132 valence electrons. The fourth-order valence-electron chi connectivity index (χ4n) is 2.22. The Bertz CT molecular complexity index is 637. The van der Waals surface area contributed by atoms with E-state index in [1.54, 1.807) is 29.5 Å². The van der Waals surface area contributed by atoms with E-state index < -0.39 is 11.9 Å². The highest BCUT2D eigenvalue weighted by molar-refractivity contribution is 14.0. The molecule has 1 heterocycles. The number of rotatable bonds is 6. The highest BCUT2D eigenvalue weighted by Gasteiger charge is 2.13. The number of aliphatic hydroxyl groups is 1. The van der Waals surface area contributed by atoms with E-state index in [0.717, 1.165) is 13.1 Å². The summed E-state index contributed by atoms with van der Waals surface area (Å²) in [5.74, 6) is 0.279. The van der Waals surface area contributed by atoms with E-state index in [0.29, 0.717) is 5.96 Å². The summed E-state index contributed by atoms with van der Waals surface area (Å²) in [5.41, 5.74) is 1.48. The molecule has 1 unspecified atom stereocenters. The lowest BCUT2D eigenvalue weighted by Gasteiger charge is -2.22. The van der Waals surface area contributed by atoms with E-state index in [9.17, 15) is 9.50 Å². The van der Waals surface area contributed by atoms with Gasteiger partial charge in [-0.2, -0.15) is 11.3 Å². The number of aliphatic imine (C=N–C) groups is 1. The zero-order valence-electron chi connectivity index (χ0n) is 13.8. The molecule has 1 aromatic heterocycles. The fourth-order valence-corrected chi connectivity index (χ4v) is 2.88. The lowest BCUT2D eigenvalue weighted by Crippen LogP contribution is -2.38. The number of thiophene rings is 1. The molecule has 24 heavy (non-hydrogen) atoms. The van der Waals surface area contributed by atoms with Crippen molar-refractivity contribution in [2.75, 3.05) is 20.1 Å². The molecule has 0 aliphatic carbocycles. The first kappa shape index (κ1) is 20.9. The van der Waals surface area contributed by atoms with Gasteiger partial charge >= 0.3 is 0 Å². The van der Waals surface area contributed by atoms with Crippen molar-refractivity contribution in [2.45, 2.75) is 19.6 Å². The molecule has 0 amide bonds. The molecule has 0 radical (unpaired) electrons. The summed E-state index contributed by atoms with van der Waals surface area (Å²) in [6.45, 7) is 3.55. The van der Waals surface area contributed by atoms with Gasteiger partial charge < -0.3 is 15.3 Å². The van der Waals surface area contributed by atoms with Crippen molar-refractivity contribution < 1.29 is 9.50 Å². The lowest BCUT2D eigenvalue weighted by atomic mass is 10.1. The molecule has 0 aliphatic rings. The molecule has 2 rings (SSSR count). The van der Waals surface area contributed by atoms with Gasteiger partial charge in [-0.15, -0.1) is 24.0 Å². The van der Waals surface area contributed by atoms with E-state index >= 15 is 0 Å². The Morgan fingerprint density at radius 3 is 2.75 bits per heavy atom. The van der Waals surface area contributed by atoms with Crippen LogP contribution in [0.25, 0.3) is 0 Å². The van der Waals surface area contributed by atoms with Crippen LogP contribution in [0.5, 0.6) is 0 Å². The fraction of sp³-hybridized carbons (Fsp3) is 0.353. The van der Waals surface area contributed by atoms with Gasteiger partial charge in [0, 0.05) is 25.7 Å². The Morgan fingerprint density at radius 2 is 2.12 bits per heavy atom. The monoisotopic (exact) mass is 463 g/mol. The minimum absolute atomic E-state index is 0. The van der Waals surface area contributed by atoms with Crippen molar-refractivity contribution in [3.63, 3.8) is 0 Å². The van der Waals surface area contributed by atoms with Gasteiger partial charge in [0.2, 0.25) is 0 Å². The van der Waals surface area contributed by atoms with Crippen LogP contribution in [0.1, 0.15) is 24.2 Å². The van der Waals surface area contributed by atoms with Crippen LogP contribution in [0.4, 0.5) is 4.39 Å². The molecule has 7 heteroatoms. The quantitative estimate of drug-likeness (QED) is 0.391. The summed E-state index contributed by atoms with van der Waals surface area (Å²) < 4.78 is 13.7. The summed E-state index contributed by atoms with van der Waals surface area (Å²) in [6, 6.07) is 8.30. The number of hydrogen-bond donors (Lipinski definition) is 2. The molecular weight excluding hydrogens is 440 g/mol. The summed E-state index contributed by atoms with van der Waals surface area (Å²) in [6.07, 6.45) is -0.959. The van der Waals surface area contributed by atoms with Gasteiger partial charge in [-0.3, -0.25) is 4.99 Å². The first-order valence-corrected chi connectivity index (χ1v) is 8.49. The third-order valence-corrected chi connectivity index (χ3v) is 4.11. The topological polar surface area (TPSA) is 47.9 Å². The predicted molar refractivity (Wildman–Crippen MR) is 109 cm³/mol. The Labute approximate surface area is 163 Å². The third kappa shape index (κ3) is 6.03. The van der Waals surface area contributed by atoms with Crippen LogP contribution < -0.4 is 5.32 Å². The largest absolute Gasteiger partial charge is 0.386 e. The second-order valence-electron chi connectivity index (χ2n) is 5.22. The maximum Gasteiger partial charge on any atom is 0.194 e. The minimum atomic E-state index is -0.959. The highest BCUT2D eigenvalue weighted by Crippen LogP contribution is 2.17. The smallest absolute Gasteiger partial charge is 0.194 e. The number of hydrogen-bond acceptors (Lipinski definition) is 3. The van der Waals surface area contributed by atoms with Gasteiger partial charge in [0.15, 0.2) is 5.96 Å². The maximum atomic E-state index is 13.7. The summed E-state index contributed by atoms with van der Waals surface area (Å²) in [7, 11) is 1.94. The number of nitrogens with zero attached hydrogens (tertiary/aromatic N) is 2. The molecule has 2 aromatic rings. The van der Waals surface area contributed by atoms with Gasteiger partial charge in [0.1, 0.15) is 11.9 Å². The lowest BCUT2D eigenvalue weighted by molar-refractivity contribution is 0.181. The van der Waals surface area contributed by atoms with Crippen LogP contribution in [0.2, 0.25) is 0 Å². The Hall–Kier alpha value is -1.19. The molecule has 1 atom stereocenters. The van der Waals surface area contributed by atoms with Crippen LogP contribution in [-0.4, -0.2) is 36.1 Å². The van der Waals surface area contributed by atoms with Crippen molar-refractivity contribution in [3.8, 4) is 0 Å². The van der Waals surface area contributed by atoms with Gasteiger partial charge in [-0.05, 0) is 35.4 Å². The van der Waals surface area contributed by atoms with E-state index in [-0.39, 0.29) is 36.1 Å². The van der Waals surface area contributed by atoms with Gasteiger partial charge in [-0.25, -0.2) is 4.39 Å². The van der Waals surface area contributed by atoms with Crippen molar-refractivity contribution in [2.24, 2.45) is 4.99 Å². The summed E-state index contributed by atoms with van der Waals surface area (Å²) in [5, 5.41) is 17.5. The molecular formula is C17H23FIN3OS. The average molecular weight is 463 g/mol. The summed E-state index contributed by atoms with van der Waals surface area (Å²) >= 11 is 1.66. The van der Waals surface area contributed by atoms with Crippen LogP contribution in [0.15, 0.2) is 46.1 Å². The Balaban J connectivity index is 0.00000288. The number of halogens is 2. The van der Waals surface area contributed by atoms with Gasteiger partial charge in [-0.1, -0.05) is 18.2 Å². The third-order valence-electron chi connectivity index (χ3n) is 3.37. The van der Waals surface area contributed by atoms with Crippen LogP contribution >= 0.6 is 35.3 Å². The molecule has 0 saturated heterocycles. The van der Waals surface area contributed by atoms with Crippen LogP contribution in [0, 0.1) is 5.82 Å². The number of nitrogens with one attached hydrogen (secondary N) is 1. The molecule has 0 bridgehead atoms. The zero-order chi connectivity index (χ0) is 16.7.